The van der Waals surface area contributed by atoms with Crippen LogP contribution in [0.2, 0.25) is 0 Å². The van der Waals surface area contributed by atoms with Crippen LogP contribution in [0, 0.1) is 12.8 Å². The summed E-state index contributed by atoms with van der Waals surface area (Å²) in [5.74, 6) is 0.112. The Bertz CT molecular complexity index is 894. The third kappa shape index (κ3) is 7.12. The summed E-state index contributed by atoms with van der Waals surface area (Å²) in [6.07, 6.45) is 0.421. The second kappa shape index (κ2) is 10.8. The van der Waals surface area contributed by atoms with Crippen molar-refractivity contribution in [2.75, 3.05) is 19.0 Å². The number of carbonyl (C=O) groups excluding carboxylic acids is 3. The second-order valence-corrected chi connectivity index (χ2v) is 7.17. The number of ether oxygens (including phenoxy) is 2. The number of hydrazine groups is 1. The molecule has 8 nitrogen and oxygen atoms in total. The highest BCUT2D eigenvalue weighted by molar-refractivity contribution is 5.96. The molecule has 0 radical (unpaired) electrons. The van der Waals surface area contributed by atoms with Gasteiger partial charge in [0, 0.05) is 17.7 Å². The molecule has 0 aromatic heterocycles. The lowest BCUT2D eigenvalue weighted by Gasteiger charge is -2.12. The van der Waals surface area contributed by atoms with Crippen LogP contribution in [0.1, 0.15) is 36.2 Å². The van der Waals surface area contributed by atoms with Gasteiger partial charge in [-0.05, 0) is 54.8 Å². The van der Waals surface area contributed by atoms with Crippen LogP contribution in [-0.4, -0.2) is 31.4 Å². The van der Waals surface area contributed by atoms with Gasteiger partial charge in [-0.1, -0.05) is 19.9 Å². The number of nitrogens with one attached hydrogen (secondary N) is 3. The maximum Gasteiger partial charge on any atom is 0.276 e. The molecule has 0 aliphatic heterocycles. The number of hydrogen-bond donors (Lipinski definition) is 3. The Morgan fingerprint density at radius 1 is 0.933 bits per heavy atom. The molecule has 0 fully saturated rings. The average Bonchev–Trinajstić information content (AvgIpc) is 2.70. The van der Waals surface area contributed by atoms with E-state index in [2.05, 4.69) is 16.2 Å². The Morgan fingerprint density at radius 2 is 1.63 bits per heavy atom. The molecular formula is C22H27N3O5. The van der Waals surface area contributed by atoms with Gasteiger partial charge in [0.1, 0.15) is 0 Å². The molecule has 0 saturated carbocycles. The molecule has 3 amide bonds. The number of hydrogen-bond acceptors (Lipinski definition) is 5. The largest absolute Gasteiger partial charge is 0.493 e. The fourth-order valence-corrected chi connectivity index (χ4v) is 2.56. The summed E-state index contributed by atoms with van der Waals surface area (Å²) in [7, 11) is 1.52. The lowest BCUT2D eigenvalue weighted by molar-refractivity contribution is -0.123. The number of benzene rings is 2. The van der Waals surface area contributed by atoms with Crippen molar-refractivity contribution in [1.29, 1.82) is 0 Å². The van der Waals surface area contributed by atoms with E-state index in [4.69, 9.17) is 9.47 Å². The summed E-state index contributed by atoms with van der Waals surface area (Å²) >= 11 is 0. The van der Waals surface area contributed by atoms with E-state index < -0.39 is 11.8 Å². The van der Waals surface area contributed by atoms with E-state index in [9.17, 15) is 14.4 Å². The monoisotopic (exact) mass is 413 g/mol. The highest BCUT2D eigenvalue weighted by Gasteiger charge is 2.11. The van der Waals surface area contributed by atoms with E-state index >= 15 is 0 Å². The van der Waals surface area contributed by atoms with Crippen molar-refractivity contribution in [1.82, 2.24) is 10.9 Å². The van der Waals surface area contributed by atoms with Crippen LogP contribution in [0.25, 0.3) is 0 Å². The van der Waals surface area contributed by atoms with Crippen molar-refractivity contribution in [2.45, 2.75) is 27.2 Å². The third-order valence-corrected chi connectivity index (χ3v) is 4.02. The normalized spacial score (nSPS) is 10.3. The zero-order valence-corrected chi connectivity index (χ0v) is 17.6. The minimum absolute atomic E-state index is 0.0836. The molecule has 0 atom stereocenters. The molecule has 3 N–H and O–H groups in total. The van der Waals surface area contributed by atoms with E-state index in [0.29, 0.717) is 29.2 Å². The number of carbonyl (C=O) groups is 3. The molecular weight excluding hydrogens is 386 g/mol. The first kappa shape index (κ1) is 22.7. The van der Waals surface area contributed by atoms with Gasteiger partial charge in [0.05, 0.1) is 7.11 Å². The predicted octanol–water partition coefficient (Wildman–Crippen LogP) is 2.83. The summed E-state index contributed by atoms with van der Waals surface area (Å²) in [5, 5.41) is 2.77. The molecule has 30 heavy (non-hydrogen) atoms. The van der Waals surface area contributed by atoms with Gasteiger partial charge in [-0.25, -0.2) is 0 Å². The molecule has 160 valence electrons. The average molecular weight is 413 g/mol. The Labute approximate surface area is 175 Å². The van der Waals surface area contributed by atoms with Crippen LogP contribution in [0.5, 0.6) is 11.5 Å². The van der Waals surface area contributed by atoms with Gasteiger partial charge in [-0.3, -0.25) is 25.2 Å². The molecule has 0 spiro atoms. The molecule has 0 bridgehead atoms. The maximum absolute atomic E-state index is 12.2. The van der Waals surface area contributed by atoms with Gasteiger partial charge in [-0.2, -0.15) is 0 Å². The van der Waals surface area contributed by atoms with Crippen molar-refractivity contribution in [3.05, 3.63) is 53.6 Å². The summed E-state index contributed by atoms with van der Waals surface area (Å²) in [5.41, 5.74) is 6.55. The van der Waals surface area contributed by atoms with Crippen molar-refractivity contribution in [3.63, 3.8) is 0 Å². The van der Waals surface area contributed by atoms with Gasteiger partial charge >= 0.3 is 0 Å². The fourth-order valence-electron chi connectivity index (χ4n) is 2.56. The quantitative estimate of drug-likeness (QED) is 0.577. The summed E-state index contributed by atoms with van der Waals surface area (Å²) < 4.78 is 10.6. The predicted molar refractivity (Wildman–Crippen MR) is 113 cm³/mol. The van der Waals surface area contributed by atoms with Crippen molar-refractivity contribution in [3.8, 4) is 11.5 Å². The van der Waals surface area contributed by atoms with E-state index in [1.165, 1.54) is 7.11 Å². The smallest absolute Gasteiger partial charge is 0.276 e. The molecule has 0 aliphatic carbocycles. The summed E-state index contributed by atoms with van der Waals surface area (Å²) in [6, 6.07) is 11.7. The Balaban J connectivity index is 1.81. The molecule has 0 unspecified atom stereocenters. The Morgan fingerprint density at radius 3 is 2.27 bits per heavy atom. The minimum atomic E-state index is -0.524. The van der Waals surface area contributed by atoms with E-state index in [0.717, 1.165) is 5.56 Å². The van der Waals surface area contributed by atoms with Crippen LogP contribution in [0.15, 0.2) is 42.5 Å². The molecule has 8 heteroatoms. The van der Waals surface area contributed by atoms with Crippen LogP contribution in [-0.2, 0) is 9.59 Å². The fraction of sp³-hybridized carbons (Fsp3) is 0.318. The lowest BCUT2D eigenvalue weighted by Crippen LogP contribution is -2.43. The Hall–Kier alpha value is -3.55. The molecule has 0 saturated heterocycles. The highest BCUT2D eigenvalue weighted by atomic mass is 16.5. The second-order valence-electron chi connectivity index (χ2n) is 7.17. The first-order valence-electron chi connectivity index (χ1n) is 9.55. The van der Waals surface area contributed by atoms with Crippen LogP contribution in [0.3, 0.4) is 0 Å². The molecule has 2 aromatic carbocycles. The van der Waals surface area contributed by atoms with Crippen molar-refractivity contribution >= 4 is 23.4 Å². The van der Waals surface area contributed by atoms with Crippen LogP contribution in [0.4, 0.5) is 5.69 Å². The molecule has 0 heterocycles. The van der Waals surface area contributed by atoms with Crippen molar-refractivity contribution < 1.29 is 23.9 Å². The van der Waals surface area contributed by atoms with Crippen LogP contribution < -0.4 is 25.6 Å². The third-order valence-electron chi connectivity index (χ3n) is 4.02. The SMILES string of the molecule is COc1cc(C)ccc1OCC(=O)NNC(=O)c1ccc(NC(=O)CC(C)C)cc1. The number of aryl methyl sites for hydroxylation is 1. The Kier molecular flexibility index (Phi) is 8.22. The summed E-state index contributed by atoms with van der Waals surface area (Å²) in [6.45, 7) is 5.55. The molecule has 2 rings (SSSR count). The number of anilines is 1. The zero-order chi connectivity index (χ0) is 22.1. The van der Waals surface area contributed by atoms with Crippen LogP contribution >= 0.6 is 0 Å². The van der Waals surface area contributed by atoms with E-state index in [1.54, 1.807) is 36.4 Å². The summed E-state index contributed by atoms with van der Waals surface area (Å²) in [4.78, 5) is 35.9. The standard InChI is InChI=1S/C22H27N3O5/c1-14(2)11-20(26)23-17-8-6-16(7-9-17)22(28)25-24-21(27)13-30-18-10-5-15(3)12-19(18)29-4/h5-10,12,14H,11,13H2,1-4H3,(H,23,26)(H,24,27)(H,25,28). The van der Waals surface area contributed by atoms with Crippen molar-refractivity contribution in [2.24, 2.45) is 5.92 Å². The first-order chi connectivity index (χ1) is 14.3. The number of methoxy groups -OCH3 is 1. The maximum atomic E-state index is 12.2. The highest BCUT2D eigenvalue weighted by Crippen LogP contribution is 2.27. The number of rotatable bonds is 8. The topological polar surface area (TPSA) is 106 Å². The minimum Gasteiger partial charge on any atom is -0.493 e. The van der Waals surface area contributed by atoms with Gasteiger partial charge in [0.2, 0.25) is 5.91 Å². The van der Waals surface area contributed by atoms with Gasteiger partial charge in [-0.15, -0.1) is 0 Å². The van der Waals surface area contributed by atoms with E-state index in [1.807, 2.05) is 26.8 Å². The van der Waals surface area contributed by atoms with Gasteiger partial charge in [0.25, 0.3) is 11.8 Å². The first-order valence-corrected chi connectivity index (χ1v) is 9.55. The molecule has 0 aliphatic rings. The lowest BCUT2D eigenvalue weighted by atomic mass is 10.1. The molecule has 2 aromatic rings. The van der Waals surface area contributed by atoms with E-state index in [-0.39, 0.29) is 18.4 Å². The van der Waals surface area contributed by atoms with Gasteiger partial charge < -0.3 is 14.8 Å². The zero-order valence-electron chi connectivity index (χ0n) is 17.6. The van der Waals surface area contributed by atoms with Gasteiger partial charge in [0.15, 0.2) is 18.1 Å². The number of amides is 3.